The van der Waals surface area contributed by atoms with Gasteiger partial charge >= 0.3 is 0 Å². The number of benzene rings is 2. The molecular weight excluding hydrogens is 320 g/mol. The van der Waals surface area contributed by atoms with Gasteiger partial charge in [-0.15, -0.1) is 0 Å². The Morgan fingerprint density at radius 1 is 0.591 bits per heavy atom. The SMILES string of the molecule is O=Cc1ccc(SSc2ccc(C=O)cc2C=O)c(C=O)c1. The smallest absolute Gasteiger partial charge is 0.151 e. The van der Waals surface area contributed by atoms with E-state index in [-0.39, 0.29) is 0 Å². The van der Waals surface area contributed by atoms with Gasteiger partial charge in [-0.1, -0.05) is 33.7 Å². The summed E-state index contributed by atoms with van der Waals surface area (Å²) in [5.74, 6) is 0. The van der Waals surface area contributed by atoms with E-state index >= 15 is 0 Å². The van der Waals surface area contributed by atoms with E-state index < -0.39 is 0 Å². The van der Waals surface area contributed by atoms with Gasteiger partial charge < -0.3 is 0 Å². The zero-order valence-electron chi connectivity index (χ0n) is 11.2. The summed E-state index contributed by atoms with van der Waals surface area (Å²) in [5, 5.41) is 0. The third kappa shape index (κ3) is 3.72. The van der Waals surface area contributed by atoms with Gasteiger partial charge in [0.05, 0.1) is 0 Å². The predicted molar refractivity (Wildman–Crippen MR) is 86.1 cm³/mol. The third-order valence-corrected chi connectivity index (χ3v) is 5.33. The summed E-state index contributed by atoms with van der Waals surface area (Å²) in [6.45, 7) is 0. The van der Waals surface area contributed by atoms with Gasteiger partial charge in [-0.3, -0.25) is 19.2 Å². The Morgan fingerprint density at radius 2 is 1.00 bits per heavy atom. The van der Waals surface area contributed by atoms with E-state index in [0.717, 1.165) is 0 Å². The van der Waals surface area contributed by atoms with Crippen molar-refractivity contribution in [3.8, 4) is 0 Å². The van der Waals surface area contributed by atoms with E-state index in [1.807, 2.05) is 0 Å². The Kier molecular flexibility index (Phi) is 5.68. The van der Waals surface area contributed by atoms with Crippen LogP contribution in [0.2, 0.25) is 0 Å². The molecule has 0 atom stereocenters. The van der Waals surface area contributed by atoms with Crippen LogP contribution in [0.5, 0.6) is 0 Å². The molecule has 22 heavy (non-hydrogen) atoms. The summed E-state index contributed by atoms with van der Waals surface area (Å²) in [5.41, 5.74) is 1.69. The highest BCUT2D eigenvalue weighted by Crippen LogP contribution is 2.40. The van der Waals surface area contributed by atoms with E-state index in [4.69, 9.17) is 0 Å². The molecule has 0 fully saturated rings. The van der Waals surface area contributed by atoms with Crippen LogP contribution in [0.15, 0.2) is 46.2 Å². The Morgan fingerprint density at radius 3 is 1.32 bits per heavy atom. The number of hydrogen-bond donors (Lipinski definition) is 0. The van der Waals surface area contributed by atoms with E-state index in [0.29, 0.717) is 57.2 Å². The maximum atomic E-state index is 11.1. The van der Waals surface area contributed by atoms with Crippen molar-refractivity contribution in [1.82, 2.24) is 0 Å². The summed E-state index contributed by atoms with van der Waals surface area (Å²) < 4.78 is 0. The molecule has 0 radical (unpaired) electrons. The van der Waals surface area contributed by atoms with Crippen LogP contribution in [0.25, 0.3) is 0 Å². The highest BCUT2D eigenvalue weighted by molar-refractivity contribution is 8.76. The van der Waals surface area contributed by atoms with Gasteiger partial charge in [-0.05, 0) is 24.3 Å². The maximum Gasteiger partial charge on any atom is 0.151 e. The summed E-state index contributed by atoms with van der Waals surface area (Å²) >= 11 is 0. The van der Waals surface area contributed by atoms with Crippen molar-refractivity contribution >= 4 is 46.7 Å². The van der Waals surface area contributed by atoms with Crippen LogP contribution < -0.4 is 0 Å². The molecule has 0 aliphatic carbocycles. The molecule has 0 aromatic heterocycles. The maximum absolute atomic E-state index is 11.1. The van der Waals surface area contributed by atoms with Crippen molar-refractivity contribution in [2.24, 2.45) is 0 Å². The van der Waals surface area contributed by atoms with Gasteiger partial charge in [-0.25, -0.2) is 0 Å². The number of carbonyl (C=O) groups excluding carboxylic acids is 4. The molecule has 110 valence electrons. The van der Waals surface area contributed by atoms with Gasteiger partial charge in [0.2, 0.25) is 0 Å². The van der Waals surface area contributed by atoms with Crippen LogP contribution in [0.1, 0.15) is 41.4 Å². The quantitative estimate of drug-likeness (QED) is 0.569. The average molecular weight is 330 g/mol. The topological polar surface area (TPSA) is 68.3 Å². The van der Waals surface area contributed by atoms with Crippen LogP contribution in [0.3, 0.4) is 0 Å². The minimum Gasteiger partial charge on any atom is -0.298 e. The summed E-state index contributed by atoms with van der Waals surface area (Å²) in [6.07, 6.45) is 2.73. The minimum atomic E-state index is 0.416. The largest absolute Gasteiger partial charge is 0.298 e. The lowest BCUT2D eigenvalue weighted by atomic mass is 10.1. The fourth-order valence-electron chi connectivity index (χ4n) is 1.71. The first kappa shape index (κ1) is 16.2. The summed E-state index contributed by atoms with van der Waals surface area (Å²) in [6, 6.07) is 9.65. The Labute approximate surface area is 134 Å². The van der Waals surface area contributed by atoms with Crippen molar-refractivity contribution in [2.75, 3.05) is 0 Å². The molecule has 0 aliphatic rings. The van der Waals surface area contributed by atoms with E-state index in [1.165, 1.54) is 33.7 Å². The lowest BCUT2D eigenvalue weighted by Crippen LogP contribution is -1.90. The van der Waals surface area contributed by atoms with Crippen LogP contribution in [0, 0.1) is 0 Å². The molecule has 4 nitrogen and oxygen atoms in total. The molecule has 0 amide bonds. The molecule has 0 N–H and O–H groups in total. The van der Waals surface area contributed by atoms with Crippen LogP contribution in [-0.4, -0.2) is 25.1 Å². The Bertz CT molecular complexity index is 677. The standard InChI is InChI=1S/C16H10O4S2/c17-7-11-1-3-15(13(5-11)9-19)21-22-16-4-2-12(8-18)6-14(16)10-20/h1-10H. The summed E-state index contributed by atoms with van der Waals surface area (Å²) in [4.78, 5) is 45.0. The number of rotatable bonds is 7. The average Bonchev–Trinajstić information content (AvgIpc) is 2.59. The fourth-order valence-corrected chi connectivity index (χ4v) is 3.99. The van der Waals surface area contributed by atoms with Gasteiger partial charge in [0.15, 0.2) is 12.6 Å². The zero-order chi connectivity index (χ0) is 15.9. The number of hydrogen-bond acceptors (Lipinski definition) is 6. The summed E-state index contributed by atoms with van der Waals surface area (Å²) in [7, 11) is 2.62. The van der Waals surface area contributed by atoms with Crippen LogP contribution in [0.4, 0.5) is 0 Å². The normalized spacial score (nSPS) is 10.0. The Balaban J connectivity index is 2.23. The van der Waals surface area contributed by atoms with Crippen LogP contribution >= 0.6 is 21.6 Å². The van der Waals surface area contributed by atoms with Gasteiger partial charge in [0.1, 0.15) is 12.6 Å². The molecule has 0 spiro atoms. The highest BCUT2D eigenvalue weighted by atomic mass is 33.1. The van der Waals surface area contributed by atoms with Crippen molar-refractivity contribution in [3.63, 3.8) is 0 Å². The zero-order valence-corrected chi connectivity index (χ0v) is 12.9. The van der Waals surface area contributed by atoms with Crippen molar-refractivity contribution in [3.05, 3.63) is 58.7 Å². The first-order valence-electron chi connectivity index (χ1n) is 6.15. The second kappa shape index (κ2) is 7.72. The first-order chi connectivity index (χ1) is 10.7. The second-order valence-corrected chi connectivity index (χ2v) is 6.45. The molecule has 0 unspecified atom stereocenters. The lowest BCUT2D eigenvalue weighted by Gasteiger charge is -2.07. The highest BCUT2D eigenvalue weighted by Gasteiger charge is 2.08. The van der Waals surface area contributed by atoms with E-state index in [9.17, 15) is 19.2 Å². The molecule has 0 heterocycles. The van der Waals surface area contributed by atoms with E-state index in [2.05, 4.69) is 0 Å². The molecule has 2 aromatic rings. The molecule has 2 rings (SSSR count). The van der Waals surface area contributed by atoms with Crippen molar-refractivity contribution in [1.29, 1.82) is 0 Å². The number of aldehydes is 4. The molecule has 2 aromatic carbocycles. The molecule has 0 saturated heterocycles. The minimum absolute atomic E-state index is 0.416. The van der Waals surface area contributed by atoms with Gasteiger partial charge in [-0.2, -0.15) is 0 Å². The third-order valence-electron chi connectivity index (χ3n) is 2.82. The molecule has 0 bridgehead atoms. The lowest BCUT2D eigenvalue weighted by molar-refractivity contribution is 0.110. The van der Waals surface area contributed by atoms with Gasteiger partial charge in [0.25, 0.3) is 0 Å². The first-order valence-corrected chi connectivity index (χ1v) is 8.30. The molecule has 0 aliphatic heterocycles. The monoisotopic (exact) mass is 330 g/mol. The number of carbonyl (C=O) groups is 4. The van der Waals surface area contributed by atoms with Crippen molar-refractivity contribution in [2.45, 2.75) is 9.79 Å². The predicted octanol–water partition coefficient (Wildman–Crippen LogP) is 3.74. The molecular formula is C16H10O4S2. The Hall–Kier alpha value is -2.18. The van der Waals surface area contributed by atoms with Gasteiger partial charge in [0, 0.05) is 32.0 Å². The van der Waals surface area contributed by atoms with E-state index in [1.54, 1.807) is 24.3 Å². The molecule has 0 saturated carbocycles. The fraction of sp³-hybridized carbons (Fsp3) is 0. The molecule has 6 heteroatoms. The van der Waals surface area contributed by atoms with Crippen molar-refractivity contribution < 1.29 is 19.2 Å². The van der Waals surface area contributed by atoms with Crippen LogP contribution in [-0.2, 0) is 0 Å². The second-order valence-electron chi connectivity index (χ2n) is 4.23.